The number of benzene rings is 1. The summed E-state index contributed by atoms with van der Waals surface area (Å²) in [6.07, 6.45) is 1.10. The van der Waals surface area contributed by atoms with E-state index in [0.29, 0.717) is 25.9 Å². The van der Waals surface area contributed by atoms with Gasteiger partial charge in [0.05, 0.1) is 0 Å². The van der Waals surface area contributed by atoms with E-state index in [1.807, 2.05) is 45.0 Å². The Hall–Kier alpha value is -1.48. The van der Waals surface area contributed by atoms with Gasteiger partial charge in [-0.05, 0) is 45.2 Å². The van der Waals surface area contributed by atoms with Crippen molar-refractivity contribution in [2.24, 2.45) is 5.92 Å². The summed E-state index contributed by atoms with van der Waals surface area (Å²) in [5.74, 6) is -0.182. The molecule has 2 atom stereocenters. The lowest BCUT2D eigenvalue weighted by Gasteiger charge is -2.34. The van der Waals surface area contributed by atoms with E-state index in [1.165, 1.54) is 0 Å². The molecule has 1 aromatic carbocycles. The number of carbonyl (C=O) groups excluding carboxylic acids is 1. The molecule has 3 N–H and O–H groups in total. The molecule has 1 amide bonds. The molecule has 2 fully saturated rings. The summed E-state index contributed by atoms with van der Waals surface area (Å²) in [6.45, 7) is 6.49. The minimum absolute atomic E-state index is 0.0257. The van der Waals surface area contributed by atoms with E-state index in [4.69, 9.17) is 0 Å². The highest BCUT2D eigenvalue weighted by Gasteiger charge is 2.44. The van der Waals surface area contributed by atoms with Crippen molar-refractivity contribution in [1.29, 1.82) is 0 Å². The van der Waals surface area contributed by atoms with Crippen LogP contribution in [0.1, 0.15) is 32.3 Å². The first-order chi connectivity index (χ1) is 12.3. The Kier molecular flexibility index (Phi) is 5.67. The van der Waals surface area contributed by atoms with Crippen molar-refractivity contribution in [2.75, 3.05) is 18.4 Å². The van der Waals surface area contributed by atoms with E-state index >= 15 is 0 Å². The van der Waals surface area contributed by atoms with Crippen molar-refractivity contribution in [1.82, 2.24) is 15.2 Å². The molecular formula is C18H28N4O3S. The second kappa shape index (κ2) is 7.64. The molecule has 2 aliphatic rings. The molecule has 1 aromatic rings. The molecule has 8 heteroatoms. The average molecular weight is 381 g/mol. The van der Waals surface area contributed by atoms with E-state index in [-0.39, 0.29) is 23.9 Å². The Morgan fingerprint density at radius 2 is 1.69 bits per heavy atom. The third-order valence-corrected chi connectivity index (χ3v) is 8.05. The van der Waals surface area contributed by atoms with Gasteiger partial charge in [-0.2, -0.15) is 0 Å². The standard InChI is InChI=1S/C18H28N4O3S/c1-12-6-4-5-7-16(12)19-18(23)15-8-10-22(11-9-15)26(24,25)17-13(2)20-21-14(17)3/h4-7,13-15,17,20-21H,8-11H2,1-3H3,(H,19,23). The number of anilines is 1. The first-order valence-electron chi connectivity index (χ1n) is 9.17. The second-order valence-electron chi connectivity index (χ2n) is 7.35. The van der Waals surface area contributed by atoms with Crippen LogP contribution in [0.25, 0.3) is 0 Å². The minimum atomic E-state index is -3.40. The van der Waals surface area contributed by atoms with Crippen LogP contribution in [0, 0.1) is 12.8 Å². The maximum atomic E-state index is 13.0. The number of hydrogen-bond acceptors (Lipinski definition) is 5. The lowest BCUT2D eigenvalue weighted by atomic mass is 9.97. The molecule has 0 aromatic heterocycles. The maximum absolute atomic E-state index is 13.0. The van der Waals surface area contributed by atoms with Crippen molar-refractivity contribution in [2.45, 2.75) is 50.9 Å². The average Bonchev–Trinajstić information content (AvgIpc) is 2.96. The topological polar surface area (TPSA) is 90.5 Å². The van der Waals surface area contributed by atoms with E-state index in [2.05, 4.69) is 16.2 Å². The van der Waals surface area contributed by atoms with Gasteiger partial charge in [0.15, 0.2) is 0 Å². The molecule has 0 saturated carbocycles. The molecule has 0 aliphatic carbocycles. The fourth-order valence-electron chi connectivity index (χ4n) is 3.87. The van der Waals surface area contributed by atoms with Gasteiger partial charge in [-0.25, -0.2) is 12.7 Å². The number of hydrogen-bond donors (Lipinski definition) is 3. The van der Waals surface area contributed by atoms with Crippen molar-refractivity contribution in [3.8, 4) is 0 Å². The molecule has 0 bridgehead atoms. The highest BCUT2D eigenvalue weighted by molar-refractivity contribution is 7.89. The van der Waals surface area contributed by atoms with Crippen molar-refractivity contribution in [3.05, 3.63) is 29.8 Å². The van der Waals surface area contributed by atoms with Crippen LogP contribution in [-0.2, 0) is 14.8 Å². The molecule has 2 aliphatic heterocycles. The Labute approximate surface area is 155 Å². The molecule has 2 saturated heterocycles. The summed E-state index contributed by atoms with van der Waals surface area (Å²) in [5.41, 5.74) is 7.84. The van der Waals surface area contributed by atoms with Crippen LogP contribution in [0.5, 0.6) is 0 Å². The molecule has 144 valence electrons. The number of hydrazine groups is 1. The summed E-state index contributed by atoms with van der Waals surface area (Å²) in [5, 5.41) is 2.49. The van der Waals surface area contributed by atoms with Crippen molar-refractivity contribution in [3.63, 3.8) is 0 Å². The fourth-order valence-corrected chi connectivity index (χ4v) is 6.10. The lowest BCUT2D eigenvalue weighted by Crippen LogP contribution is -2.50. The summed E-state index contributed by atoms with van der Waals surface area (Å²) >= 11 is 0. The monoisotopic (exact) mass is 380 g/mol. The van der Waals surface area contributed by atoms with E-state index in [0.717, 1.165) is 11.3 Å². The highest BCUT2D eigenvalue weighted by atomic mass is 32.2. The number of amides is 1. The van der Waals surface area contributed by atoms with E-state index < -0.39 is 15.3 Å². The summed E-state index contributed by atoms with van der Waals surface area (Å²) < 4.78 is 27.5. The quantitative estimate of drug-likeness (QED) is 0.731. The number of sulfonamides is 1. The maximum Gasteiger partial charge on any atom is 0.227 e. The largest absolute Gasteiger partial charge is 0.326 e. The number of nitrogens with zero attached hydrogens (tertiary/aromatic N) is 1. The van der Waals surface area contributed by atoms with Gasteiger partial charge in [0, 0.05) is 36.8 Å². The smallest absolute Gasteiger partial charge is 0.227 e. The van der Waals surface area contributed by atoms with Crippen LogP contribution in [0.15, 0.2) is 24.3 Å². The molecule has 3 rings (SSSR count). The molecule has 0 radical (unpaired) electrons. The Morgan fingerprint density at radius 3 is 2.27 bits per heavy atom. The highest BCUT2D eigenvalue weighted by Crippen LogP contribution is 2.26. The van der Waals surface area contributed by atoms with Crippen molar-refractivity contribution >= 4 is 21.6 Å². The van der Waals surface area contributed by atoms with Gasteiger partial charge >= 0.3 is 0 Å². The van der Waals surface area contributed by atoms with Gasteiger partial charge in [0.25, 0.3) is 0 Å². The van der Waals surface area contributed by atoms with Gasteiger partial charge in [0.1, 0.15) is 5.25 Å². The number of aryl methyl sites for hydroxylation is 1. The lowest BCUT2D eigenvalue weighted by molar-refractivity contribution is -0.120. The number of nitrogens with one attached hydrogen (secondary N) is 3. The predicted octanol–water partition coefficient (Wildman–Crippen LogP) is 1.23. The number of carbonyl (C=O) groups is 1. The Morgan fingerprint density at radius 1 is 1.12 bits per heavy atom. The SMILES string of the molecule is Cc1ccccc1NC(=O)C1CCN(S(=O)(=O)C2C(C)NNC2C)CC1. The molecule has 7 nitrogen and oxygen atoms in total. The predicted molar refractivity (Wildman–Crippen MR) is 102 cm³/mol. The molecule has 26 heavy (non-hydrogen) atoms. The molecule has 2 unspecified atom stereocenters. The number of rotatable bonds is 4. The van der Waals surface area contributed by atoms with E-state index in [9.17, 15) is 13.2 Å². The zero-order valence-corrected chi connectivity index (χ0v) is 16.3. The zero-order valence-electron chi connectivity index (χ0n) is 15.5. The first kappa shape index (κ1) is 19.3. The second-order valence-corrected chi connectivity index (χ2v) is 9.44. The zero-order chi connectivity index (χ0) is 18.9. The third kappa shape index (κ3) is 3.78. The van der Waals surface area contributed by atoms with Crippen LogP contribution >= 0.6 is 0 Å². The summed E-state index contributed by atoms with van der Waals surface area (Å²) in [6, 6.07) is 7.38. The van der Waals surface area contributed by atoms with Gasteiger partial charge in [0.2, 0.25) is 15.9 Å². The summed E-state index contributed by atoms with van der Waals surface area (Å²) in [7, 11) is -3.40. The van der Waals surface area contributed by atoms with Crippen LogP contribution < -0.4 is 16.2 Å². The third-order valence-electron chi connectivity index (χ3n) is 5.46. The van der Waals surface area contributed by atoms with Crippen molar-refractivity contribution < 1.29 is 13.2 Å². The van der Waals surface area contributed by atoms with Gasteiger partial charge in [-0.3, -0.25) is 15.6 Å². The van der Waals surface area contributed by atoms with Crippen LogP contribution in [0.2, 0.25) is 0 Å². The number of para-hydroxylation sites is 1. The van der Waals surface area contributed by atoms with Crippen LogP contribution in [-0.4, -0.2) is 49.1 Å². The summed E-state index contributed by atoms with van der Waals surface area (Å²) in [4.78, 5) is 12.5. The molecule has 2 heterocycles. The normalized spacial score (nSPS) is 28.2. The van der Waals surface area contributed by atoms with Crippen LogP contribution in [0.4, 0.5) is 5.69 Å². The number of piperidine rings is 1. The minimum Gasteiger partial charge on any atom is -0.326 e. The van der Waals surface area contributed by atoms with E-state index in [1.54, 1.807) is 4.31 Å². The molecule has 0 spiro atoms. The Bertz CT molecular complexity index is 749. The Balaban J connectivity index is 1.60. The molecular weight excluding hydrogens is 352 g/mol. The van der Waals surface area contributed by atoms with Gasteiger partial charge in [-0.1, -0.05) is 18.2 Å². The van der Waals surface area contributed by atoms with Gasteiger partial charge in [-0.15, -0.1) is 0 Å². The first-order valence-corrected chi connectivity index (χ1v) is 10.7. The van der Waals surface area contributed by atoms with Gasteiger partial charge < -0.3 is 5.32 Å². The fraction of sp³-hybridized carbons (Fsp3) is 0.611. The van der Waals surface area contributed by atoms with Crippen LogP contribution in [0.3, 0.4) is 0 Å².